The maximum absolute atomic E-state index is 13.1. The summed E-state index contributed by atoms with van der Waals surface area (Å²) in [6, 6.07) is 15.4. The number of carbonyl (C=O) groups is 2. The summed E-state index contributed by atoms with van der Waals surface area (Å²) in [5.74, 6) is 1.48. The summed E-state index contributed by atoms with van der Waals surface area (Å²) in [4.78, 5) is 40.1. The number of hydrogen-bond donors (Lipinski definition) is 0. The maximum Gasteiger partial charge on any atom is 0.228 e. The summed E-state index contributed by atoms with van der Waals surface area (Å²) >= 11 is 0. The molecule has 4 heterocycles. The highest BCUT2D eigenvalue weighted by molar-refractivity contribution is 6.00. The molecule has 2 aliphatic heterocycles. The van der Waals surface area contributed by atoms with Gasteiger partial charge in [-0.05, 0) is 24.3 Å². The molecule has 8 heteroatoms. The highest BCUT2D eigenvalue weighted by Crippen LogP contribution is 2.27. The molecule has 3 aromatic rings. The van der Waals surface area contributed by atoms with Gasteiger partial charge in [0.15, 0.2) is 0 Å². The van der Waals surface area contributed by atoms with Gasteiger partial charge in [0.2, 0.25) is 11.8 Å². The zero-order chi connectivity index (χ0) is 21.2. The van der Waals surface area contributed by atoms with Crippen LogP contribution in [0.3, 0.4) is 0 Å². The zero-order valence-corrected chi connectivity index (χ0v) is 17.2. The molecule has 0 saturated carbocycles. The fraction of sp³-hybridized carbons (Fsp3) is 0.304. The second-order valence-corrected chi connectivity index (χ2v) is 7.88. The van der Waals surface area contributed by atoms with Gasteiger partial charge in [0.05, 0.1) is 5.92 Å². The number of rotatable bonds is 4. The van der Waals surface area contributed by atoms with E-state index in [-0.39, 0.29) is 24.2 Å². The number of hydrogen-bond acceptors (Lipinski definition) is 5. The number of carbonyl (C=O) groups excluding carboxylic acids is 2. The van der Waals surface area contributed by atoms with Crippen LogP contribution in [0.5, 0.6) is 0 Å². The van der Waals surface area contributed by atoms with Crippen molar-refractivity contribution in [3.05, 3.63) is 67.3 Å². The van der Waals surface area contributed by atoms with E-state index in [2.05, 4.69) is 14.9 Å². The van der Waals surface area contributed by atoms with E-state index >= 15 is 0 Å². The van der Waals surface area contributed by atoms with E-state index in [9.17, 15) is 9.59 Å². The molecule has 0 spiro atoms. The molecule has 0 N–H and O–H groups in total. The molecule has 0 bridgehead atoms. The summed E-state index contributed by atoms with van der Waals surface area (Å²) < 4.78 is 1.94. The van der Waals surface area contributed by atoms with Crippen molar-refractivity contribution in [2.45, 2.75) is 6.42 Å². The van der Waals surface area contributed by atoms with E-state index in [1.54, 1.807) is 11.2 Å². The number of anilines is 2. The molecule has 1 aromatic carbocycles. The average molecular weight is 416 g/mol. The molecular formula is C23H24N6O2. The number of aromatic nitrogens is 3. The molecule has 2 fully saturated rings. The monoisotopic (exact) mass is 416 g/mol. The van der Waals surface area contributed by atoms with Gasteiger partial charge in [-0.3, -0.25) is 9.59 Å². The van der Waals surface area contributed by atoms with Crippen LogP contribution in [-0.2, 0) is 9.59 Å². The molecule has 31 heavy (non-hydrogen) atoms. The summed E-state index contributed by atoms with van der Waals surface area (Å²) in [6.45, 7) is 3.11. The van der Waals surface area contributed by atoms with Crippen molar-refractivity contribution >= 4 is 23.3 Å². The minimum atomic E-state index is -0.279. The van der Waals surface area contributed by atoms with Crippen molar-refractivity contribution in [1.82, 2.24) is 19.4 Å². The van der Waals surface area contributed by atoms with Crippen LogP contribution >= 0.6 is 0 Å². The number of nitrogens with zero attached hydrogens (tertiary/aromatic N) is 6. The third-order valence-electron chi connectivity index (χ3n) is 5.96. The van der Waals surface area contributed by atoms with E-state index in [1.807, 2.05) is 70.4 Å². The Kier molecular flexibility index (Phi) is 5.11. The third-order valence-corrected chi connectivity index (χ3v) is 5.96. The van der Waals surface area contributed by atoms with Crippen LogP contribution in [0.25, 0.3) is 5.82 Å². The molecule has 2 aromatic heterocycles. The van der Waals surface area contributed by atoms with Crippen LogP contribution in [0.4, 0.5) is 11.5 Å². The van der Waals surface area contributed by atoms with Crippen molar-refractivity contribution in [3.8, 4) is 5.82 Å². The van der Waals surface area contributed by atoms with Crippen molar-refractivity contribution in [3.63, 3.8) is 0 Å². The number of amides is 2. The van der Waals surface area contributed by atoms with Crippen molar-refractivity contribution in [1.29, 1.82) is 0 Å². The molecular weight excluding hydrogens is 392 g/mol. The molecule has 0 aliphatic carbocycles. The van der Waals surface area contributed by atoms with Gasteiger partial charge in [0.25, 0.3) is 0 Å². The molecule has 1 unspecified atom stereocenters. The molecule has 1 atom stereocenters. The van der Waals surface area contributed by atoms with Gasteiger partial charge in [0.1, 0.15) is 18.0 Å². The van der Waals surface area contributed by atoms with E-state index in [0.29, 0.717) is 32.7 Å². The summed E-state index contributed by atoms with van der Waals surface area (Å²) in [5.41, 5.74) is 0.856. The fourth-order valence-corrected chi connectivity index (χ4v) is 4.28. The minimum Gasteiger partial charge on any atom is -0.353 e. The summed E-state index contributed by atoms with van der Waals surface area (Å²) in [7, 11) is 0. The molecule has 2 aliphatic rings. The third kappa shape index (κ3) is 3.88. The predicted octanol–water partition coefficient (Wildman–Crippen LogP) is 1.97. The molecule has 5 rings (SSSR count). The van der Waals surface area contributed by atoms with Crippen LogP contribution in [0.15, 0.2) is 67.3 Å². The Morgan fingerprint density at radius 2 is 1.61 bits per heavy atom. The van der Waals surface area contributed by atoms with Crippen molar-refractivity contribution in [2.24, 2.45) is 5.92 Å². The van der Waals surface area contributed by atoms with Gasteiger partial charge in [-0.25, -0.2) is 9.97 Å². The smallest absolute Gasteiger partial charge is 0.228 e. The summed E-state index contributed by atoms with van der Waals surface area (Å²) in [5, 5.41) is 0. The first-order chi connectivity index (χ1) is 15.2. The van der Waals surface area contributed by atoms with Gasteiger partial charge in [-0.2, -0.15) is 0 Å². The van der Waals surface area contributed by atoms with Gasteiger partial charge < -0.3 is 19.3 Å². The standard InChI is InChI=1S/C23H24N6O2/c30-22-14-18(16-29(22)19-6-2-1-3-7-19)23(31)28-12-10-27(11-13-28)21-15-20(24-17-25-21)26-8-4-5-9-26/h1-9,15,17-18H,10-14,16H2. The van der Waals surface area contributed by atoms with Crippen molar-refractivity contribution in [2.75, 3.05) is 42.5 Å². The number of benzene rings is 1. The Balaban J connectivity index is 1.21. The largest absolute Gasteiger partial charge is 0.353 e. The van der Waals surface area contributed by atoms with Gasteiger partial charge >= 0.3 is 0 Å². The first-order valence-corrected chi connectivity index (χ1v) is 10.5. The average Bonchev–Trinajstić information content (AvgIpc) is 3.50. The molecule has 8 nitrogen and oxygen atoms in total. The molecule has 2 amide bonds. The first-order valence-electron chi connectivity index (χ1n) is 10.5. The van der Waals surface area contributed by atoms with Gasteiger partial charge in [0, 0.05) is 63.3 Å². The van der Waals surface area contributed by atoms with E-state index in [4.69, 9.17) is 0 Å². The minimum absolute atomic E-state index is 0.0155. The number of para-hydroxylation sites is 1. The molecule has 158 valence electrons. The predicted molar refractivity (Wildman–Crippen MR) is 117 cm³/mol. The molecule has 0 radical (unpaired) electrons. The zero-order valence-electron chi connectivity index (χ0n) is 17.2. The second kappa shape index (κ2) is 8.22. The number of piperazine rings is 1. The topological polar surface area (TPSA) is 74.6 Å². The Bertz CT molecular complexity index is 1060. The van der Waals surface area contributed by atoms with Gasteiger partial charge in [-0.1, -0.05) is 18.2 Å². The van der Waals surface area contributed by atoms with E-state index in [1.165, 1.54) is 0 Å². The highest BCUT2D eigenvalue weighted by atomic mass is 16.2. The SMILES string of the molecule is O=C(C1CC(=O)N(c2ccccc2)C1)N1CCN(c2cc(-n3cccc3)ncn2)CC1. The Morgan fingerprint density at radius 1 is 0.903 bits per heavy atom. The second-order valence-electron chi connectivity index (χ2n) is 7.88. The highest BCUT2D eigenvalue weighted by Gasteiger charge is 2.38. The first kappa shape index (κ1) is 19.3. The summed E-state index contributed by atoms with van der Waals surface area (Å²) in [6.07, 6.45) is 5.75. The normalized spacial score (nSPS) is 19.2. The van der Waals surface area contributed by atoms with Crippen molar-refractivity contribution < 1.29 is 9.59 Å². The Labute approximate surface area is 180 Å². The fourth-order valence-electron chi connectivity index (χ4n) is 4.28. The van der Waals surface area contributed by atoms with Gasteiger partial charge in [-0.15, -0.1) is 0 Å². The van der Waals surface area contributed by atoms with Crippen LogP contribution in [0.2, 0.25) is 0 Å². The van der Waals surface area contributed by atoms with E-state index in [0.717, 1.165) is 17.3 Å². The lowest BCUT2D eigenvalue weighted by Gasteiger charge is -2.36. The lowest BCUT2D eigenvalue weighted by atomic mass is 10.1. The van der Waals surface area contributed by atoms with Crippen LogP contribution in [-0.4, -0.2) is 64.0 Å². The lowest BCUT2D eigenvalue weighted by molar-refractivity contribution is -0.136. The quantitative estimate of drug-likeness (QED) is 0.650. The van der Waals surface area contributed by atoms with E-state index < -0.39 is 0 Å². The van der Waals surface area contributed by atoms with Crippen LogP contribution in [0.1, 0.15) is 6.42 Å². The van der Waals surface area contributed by atoms with Crippen LogP contribution < -0.4 is 9.80 Å². The Hall–Kier alpha value is -3.68. The molecule has 2 saturated heterocycles. The lowest BCUT2D eigenvalue weighted by Crippen LogP contribution is -2.51. The maximum atomic E-state index is 13.1. The van der Waals surface area contributed by atoms with Crippen LogP contribution in [0, 0.1) is 5.92 Å². The Morgan fingerprint density at radius 3 is 2.35 bits per heavy atom.